The van der Waals surface area contributed by atoms with Crippen LogP contribution in [0.15, 0.2) is 53.4 Å². The van der Waals surface area contributed by atoms with Gasteiger partial charge in [0.1, 0.15) is 0 Å². The summed E-state index contributed by atoms with van der Waals surface area (Å²) in [5.74, 6) is -0.728. The van der Waals surface area contributed by atoms with Crippen molar-refractivity contribution in [3.63, 3.8) is 0 Å². The van der Waals surface area contributed by atoms with Gasteiger partial charge in [0.2, 0.25) is 15.9 Å². The number of Topliss-reactive ketones (excluding diaryl/α,β-unsaturated/α-hetero) is 1. The van der Waals surface area contributed by atoms with Crippen molar-refractivity contribution in [2.24, 2.45) is 5.92 Å². The van der Waals surface area contributed by atoms with Gasteiger partial charge in [-0.25, -0.2) is 8.42 Å². The minimum atomic E-state index is -3.74. The van der Waals surface area contributed by atoms with E-state index in [4.69, 9.17) is 0 Å². The van der Waals surface area contributed by atoms with E-state index in [9.17, 15) is 22.8 Å². The first-order chi connectivity index (χ1) is 16.3. The maximum absolute atomic E-state index is 13.0. The van der Waals surface area contributed by atoms with E-state index >= 15 is 0 Å². The Hall–Kier alpha value is -3.04. The van der Waals surface area contributed by atoms with Crippen LogP contribution in [0.4, 0.5) is 5.69 Å². The molecule has 2 aliphatic rings. The second-order valence-electron chi connectivity index (χ2n) is 8.83. The molecule has 0 radical (unpaired) electrons. The zero-order valence-corrected chi connectivity index (χ0v) is 20.0. The number of anilines is 1. The van der Waals surface area contributed by atoms with Crippen molar-refractivity contribution in [1.82, 2.24) is 9.21 Å². The van der Waals surface area contributed by atoms with Gasteiger partial charge >= 0.3 is 0 Å². The number of likely N-dealkylation sites (tertiary alicyclic amines) is 1. The highest BCUT2D eigenvalue weighted by atomic mass is 32.2. The number of carbonyl (C=O) groups excluding carboxylic acids is 3. The van der Waals surface area contributed by atoms with E-state index in [1.165, 1.54) is 23.4 Å². The highest BCUT2D eigenvalue weighted by Crippen LogP contribution is 2.26. The topological polar surface area (TPSA) is 104 Å². The lowest BCUT2D eigenvalue weighted by Crippen LogP contribution is -2.41. The molecule has 180 valence electrons. The molecule has 34 heavy (non-hydrogen) atoms. The number of ketones is 1. The molecule has 0 aromatic heterocycles. The van der Waals surface area contributed by atoms with E-state index < -0.39 is 10.0 Å². The maximum atomic E-state index is 13.0. The van der Waals surface area contributed by atoms with Gasteiger partial charge in [-0.15, -0.1) is 0 Å². The lowest BCUT2D eigenvalue weighted by Gasteiger charge is -2.30. The molecule has 0 aliphatic carbocycles. The van der Waals surface area contributed by atoms with Crippen molar-refractivity contribution in [3.05, 3.63) is 59.7 Å². The van der Waals surface area contributed by atoms with E-state index in [0.717, 1.165) is 25.9 Å². The van der Waals surface area contributed by atoms with E-state index in [1.807, 2.05) is 4.90 Å². The minimum absolute atomic E-state index is 0.0269. The van der Waals surface area contributed by atoms with E-state index in [0.29, 0.717) is 29.7 Å². The van der Waals surface area contributed by atoms with Crippen LogP contribution in [0, 0.1) is 5.92 Å². The van der Waals surface area contributed by atoms with Crippen molar-refractivity contribution >= 4 is 33.3 Å². The van der Waals surface area contributed by atoms with Gasteiger partial charge in [-0.2, -0.15) is 4.31 Å². The summed E-state index contributed by atoms with van der Waals surface area (Å²) in [4.78, 5) is 39.0. The Balaban J connectivity index is 1.37. The first-order valence-electron chi connectivity index (χ1n) is 11.6. The predicted molar refractivity (Wildman–Crippen MR) is 128 cm³/mol. The highest BCUT2D eigenvalue weighted by Gasteiger charge is 2.32. The fourth-order valence-corrected chi connectivity index (χ4v) is 5.98. The number of rotatable bonds is 6. The molecule has 2 fully saturated rings. The summed E-state index contributed by atoms with van der Waals surface area (Å²) in [5.41, 5.74) is 1.46. The Kier molecular flexibility index (Phi) is 7.13. The summed E-state index contributed by atoms with van der Waals surface area (Å²) < 4.78 is 27.4. The van der Waals surface area contributed by atoms with Crippen LogP contribution in [0.2, 0.25) is 0 Å². The van der Waals surface area contributed by atoms with Gasteiger partial charge in [0, 0.05) is 48.9 Å². The van der Waals surface area contributed by atoms with Gasteiger partial charge in [0.05, 0.1) is 4.90 Å². The van der Waals surface area contributed by atoms with Crippen LogP contribution in [0.25, 0.3) is 0 Å². The largest absolute Gasteiger partial charge is 0.339 e. The average Bonchev–Trinajstić information content (AvgIpc) is 3.39. The molecule has 2 saturated heterocycles. The van der Waals surface area contributed by atoms with E-state index in [-0.39, 0.29) is 41.5 Å². The van der Waals surface area contributed by atoms with Gasteiger partial charge in [-0.05, 0) is 62.9 Å². The predicted octanol–water partition coefficient (Wildman–Crippen LogP) is 3.16. The molecule has 1 N–H and O–H groups in total. The third-order valence-corrected chi connectivity index (χ3v) is 8.37. The number of carbonyl (C=O) groups is 3. The van der Waals surface area contributed by atoms with Crippen molar-refractivity contribution in [2.45, 2.75) is 37.5 Å². The SMILES string of the molecule is CC(=O)c1cccc(S(=O)(=O)N2CCC(C(=O)Nc3cccc(C(=O)N4CCCC4)c3)CC2)c1. The van der Waals surface area contributed by atoms with Gasteiger partial charge in [-0.3, -0.25) is 14.4 Å². The molecular formula is C25H29N3O5S. The summed E-state index contributed by atoms with van der Waals surface area (Å²) >= 11 is 0. The summed E-state index contributed by atoms with van der Waals surface area (Å²) in [6.45, 7) is 3.36. The fraction of sp³-hybridized carbons (Fsp3) is 0.400. The zero-order valence-electron chi connectivity index (χ0n) is 19.2. The molecule has 0 unspecified atom stereocenters. The molecular weight excluding hydrogens is 454 g/mol. The fourth-order valence-electron chi connectivity index (χ4n) is 4.46. The molecule has 2 heterocycles. The highest BCUT2D eigenvalue weighted by molar-refractivity contribution is 7.89. The summed E-state index contributed by atoms with van der Waals surface area (Å²) in [6.07, 6.45) is 2.81. The van der Waals surface area contributed by atoms with Crippen LogP contribution in [0.3, 0.4) is 0 Å². The molecule has 2 aromatic rings. The third kappa shape index (κ3) is 5.20. The monoisotopic (exact) mass is 483 g/mol. The Labute approximate surface area is 200 Å². The zero-order chi connectivity index (χ0) is 24.3. The molecule has 0 saturated carbocycles. The lowest BCUT2D eigenvalue weighted by molar-refractivity contribution is -0.120. The number of nitrogens with one attached hydrogen (secondary N) is 1. The van der Waals surface area contributed by atoms with Crippen LogP contribution in [-0.2, 0) is 14.8 Å². The number of hydrogen-bond donors (Lipinski definition) is 1. The summed E-state index contributed by atoms with van der Waals surface area (Å²) in [6, 6.07) is 13.0. The van der Waals surface area contributed by atoms with Crippen molar-refractivity contribution in [1.29, 1.82) is 0 Å². The molecule has 2 amide bonds. The average molecular weight is 484 g/mol. The van der Waals surface area contributed by atoms with Crippen LogP contribution >= 0.6 is 0 Å². The van der Waals surface area contributed by atoms with E-state index in [2.05, 4.69) is 5.32 Å². The summed E-state index contributed by atoms with van der Waals surface area (Å²) in [7, 11) is -3.74. The van der Waals surface area contributed by atoms with Crippen molar-refractivity contribution in [2.75, 3.05) is 31.5 Å². The second kappa shape index (κ2) is 10.1. The first-order valence-corrected chi connectivity index (χ1v) is 13.0. The number of sulfonamides is 1. The molecule has 0 atom stereocenters. The Morgan fingerprint density at radius 1 is 0.882 bits per heavy atom. The van der Waals surface area contributed by atoms with Crippen LogP contribution in [0.1, 0.15) is 53.3 Å². The number of benzene rings is 2. The maximum Gasteiger partial charge on any atom is 0.253 e. The molecule has 8 nitrogen and oxygen atoms in total. The number of piperidine rings is 1. The number of nitrogens with zero attached hydrogens (tertiary/aromatic N) is 2. The van der Waals surface area contributed by atoms with Gasteiger partial charge < -0.3 is 10.2 Å². The summed E-state index contributed by atoms with van der Waals surface area (Å²) in [5, 5.41) is 2.89. The Morgan fingerprint density at radius 2 is 1.53 bits per heavy atom. The number of hydrogen-bond acceptors (Lipinski definition) is 5. The van der Waals surface area contributed by atoms with Crippen molar-refractivity contribution in [3.8, 4) is 0 Å². The standard InChI is InChI=1S/C25H29N3O5S/c1-18(29)20-6-5-9-23(17-20)34(32,33)28-14-10-19(11-15-28)24(30)26-22-8-4-7-21(16-22)25(31)27-12-2-3-13-27/h4-9,16-17,19H,2-3,10-15H2,1H3,(H,26,30). The molecule has 0 bridgehead atoms. The molecule has 4 rings (SSSR count). The van der Waals surface area contributed by atoms with Gasteiger partial charge in [0.25, 0.3) is 5.91 Å². The van der Waals surface area contributed by atoms with Gasteiger partial charge in [0.15, 0.2) is 5.78 Å². The third-order valence-electron chi connectivity index (χ3n) is 6.47. The minimum Gasteiger partial charge on any atom is -0.339 e. The lowest BCUT2D eigenvalue weighted by atomic mass is 9.97. The quantitative estimate of drug-likeness (QED) is 0.636. The normalized spacial score (nSPS) is 17.5. The van der Waals surface area contributed by atoms with E-state index in [1.54, 1.807) is 36.4 Å². The van der Waals surface area contributed by atoms with Crippen LogP contribution < -0.4 is 5.32 Å². The molecule has 9 heteroatoms. The Morgan fingerprint density at radius 3 is 2.21 bits per heavy atom. The van der Waals surface area contributed by atoms with Crippen LogP contribution in [0.5, 0.6) is 0 Å². The molecule has 2 aromatic carbocycles. The Bertz CT molecular complexity index is 1200. The van der Waals surface area contributed by atoms with Crippen LogP contribution in [-0.4, -0.2) is 61.4 Å². The second-order valence-corrected chi connectivity index (χ2v) is 10.8. The first kappa shape index (κ1) is 24.1. The molecule has 0 spiro atoms. The van der Waals surface area contributed by atoms with Gasteiger partial charge in [-0.1, -0.05) is 18.2 Å². The number of amides is 2. The molecule has 2 aliphatic heterocycles. The smallest absolute Gasteiger partial charge is 0.253 e. The van der Waals surface area contributed by atoms with Crippen molar-refractivity contribution < 1.29 is 22.8 Å².